The molecule has 1 aromatic carbocycles. The number of hydrogen-bond donors (Lipinski definition) is 1. The van der Waals surface area contributed by atoms with Crippen LogP contribution in [0.2, 0.25) is 0 Å². The van der Waals surface area contributed by atoms with Gasteiger partial charge < -0.3 is 19.3 Å². The molecule has 7 nitrogen and oxygen atoms in total. The Labute approximate surface area is 172 Å². The summed E-state index contributed by atoms with van der Waals surface area (Å²) in [6, 6.07) is 9.12. The summed E-state index contributed by atoms with van der Waals surface area (Å²) >= 11 is 0. The second-order valence-corrected chi connectivity index (χ2v) is 8.41. The molecular formula is C22H32NO6+. The van der Waals surface area contributed by atoms with Gasteiger partial charge in [-0.15, -0.1) is 0 Å². The van der Waals surface area contributed by atoms with E-state index in [1.54, 1.807) is 19.1 Å². The Kier molecular flexibility index (Phi) is 6.80. The summed E-state index contributed by atoms with van der Waals surface area (Å²) in [5.41, 5.74) is -1.02. The normalized spacial score (nSPS) is 26.7. The molecule has 3 atom stereocenters. The number of quaternary nitrogens is 1. The first-order chi connectivity index (χ1) is 13.9. The number of nitrogens with zero attached hydrogens (tertiary/aromatic N) is 1. The van der Waals surface area contributed by atoms with Crippen molar-refractivity contribution in [1.29, 1.82) is 0 Å². The summed E-state index contributed by atoms with van der Waals surface area (Å²) in [7, 11) is 1.95. The maximum atomic E-state index is 13.2. The highest BCUT2D eigenvalue weighted by molar-refractivity contribution is 5.81. The molecule has 3 rings (SSSR count). The minimum absolute atomic E-state index is 0.133. The quantitative estimate of drug-likeness (QED) is 0.554. The first-order valence-electron chi connectivity index (χ1n) is 10.5. The topological polar surface area (TPSA) is 82.1 Å². The molecule has 0 bridgehead atoms. The molecule has 2 aliphatic rings. The molecule has 1 saturated heterocycles. The minimum Gasteiger partial charge on any atom is -0.454 e. The van der Waals surface area contributed by atoms with Crippen molar-refractivity contribution in [2.24, 2.45) is 5.92 Å². The first kappa shape index (κ1) is 21.6. The van der Waals surface area contributed by atoms with E-state index in [-0.39, 0.29) is 25.4 Å². The van der Waals surface area contributed by atoms with E-state index in [9.17, 15) is 14.7 Å². The Morgan fingerprint density at radius 3 is 2.48 bits per heavy atom. The van der Waals surface area contributed by atoms with Crippen LogP contribution in [0, 0.1) is 5.92 Å². The molecule has 1 aliphatic heterocycles. The number of hydrogen-bond acceptors (Lipinski definition) is 6. The standard InChI is InChI=1S/C22H32NO6/c1-3-27-21(25)28-16-23(2)14-13-19(15-23)29-20(24)22(26,18-11-7-8-12-18)17-9-5-4-6-10-17/h4-6,9-10,18-19,26H,3,7-8,11-16H2,1-2H3/q+1. The Morgan fingerprint density at radius 2 is 1.83 bits per heavy atom. The van der Waals surface area contributed by atoms with Gasteiger partial charge in [0.25, 0.3) is 0 Å². The summed E-state index contributed by atoms with van der Waals surface area (Å²) in [4.78, 5) is 24.6. The number of likely N-dealkylation sites (N-methyl/N-ethyl adjacent to an activating group) is 1. The van der Waals surface area contributed by atoms with Crippen molar-refractivity contribution >= 4 is 12.1 Å². The number of benzene rings is 1. The van der Waals surface area contributed by atoms with Gasteiger partial charge in [0.05, 0.1) is 20.2 Å². The van der Waals surface area contributed by atoms with E-state index in [1.165, 1.54) is 0 Å². The summed E-state index contributed by atoms with van der Waals surface area (Å²) in [6.07, 6.45) is 3.29. The lowest BCUT2D eigenvalue weighted by molar-refractivity contribution is -0.915. The maximum absolute atomic E-state index is 13.2. The molecule has 29 heavy (non-hydrogen) atoms. The van der Waals surface area contributed by atoms with Crippen LogP contribution in [0.3, 0.4) is 0 Å². The molecular weight excluding hydrogens is 374 g/mol. The lowest BCUT2D eigenvalue weighted by Crippen LogP contribution is -2.47. The fourth-order valence-electron chi connectivity index (χ4n) is 4.51. The molecule has 0 spiro atoms. The van der Waals surface area contributed by atoms with Crippen molar-refractivity contribution in [2.75, 3.05) is 33.5 Å². The molecule has 1 aliphatic carbocycles. The number of carbonyl (C=O) groups excluding carboxylic acids is 2. The molecule has 1 saturated carbocycles. The molecule has 1 aromatic rings. The second kappa shape index (κ2) is 9.13. The number of esters is 1. The van der Waals surface area contributed by atoms with E-state index in [0.717, 1.165) is 25.7 Å². The molecule has 7 heteroatoms. The van der Waals surface area contributed by atoms with Crippen LogP contribution in [0.1, 0.15) is 44.6 Å². The smallest absolute Gasteiger partial charge is 0.454 e. The maximum Gasteiger partial charge on any atom is 0.512 e. The van der Waals surface area contributed by atoms with Gasteiger partial charge in [0, 0.05) is 12.3 Å². The van der Waals surface area contributed by atoms with Gasteiger partial charge in [-0.25, -0.2) is 9.59 Å². The zero-order chi connectivity index (χ0) is 20.9. The lowest BCUT2D eigenvalue weighted by atomic mass is 9.80. The fourth-order valence-corrected chi connectivity index (χ4v) is 4.51. The fraction of sp³-hybridized carbons (Fsp3) is 0.636. The van der Waals surface area contributed by atoms with Crippen LogP contribution >= 0.6 is 0 Å². The number of likely N-dealkylation sites (tertiary alicyclic amines) is 1. The van der Waals surface area contributed by atoms with Gasteiger partial charge in [-0.2, -0.15) is 0 Å². The number of rotatable bonds is 7. The molecule has 0 aromatic heterocycles. The molecule has 1 heterocycles. The van der Waals surface area contributed by atoms with E-state index in [1.807, 2.05) is 25.2 Å². The van der Waals surface area contributed by atoms with E-state index < -0.39 is 17.7 Å². The highest BCUT2D eigenvalue weighted by Crippen LogP contribution is 2.42. The average molecular weight is 406 g/mol. The van der Waals surface area contributed by atoms with Crippen LogP contribution in [-0.4, -0.2) is 61.3 Å². The van der Waals surface area contributed by atoms with Crippen LogP contribution in [0.4, 0.5) is 4.79 Å². The minimum atomic E-state index is -1.62. The number of ether oxygens (including phenoxy) is 3. The highest BCUT2D eigenvalue weighted by atomic mass is 16.7. The predicted octanol–water partition coefficient (Wildman–Crippen LogP) is 2.96. The van der Waals surface area contributed by atoms with Crippen LogP contribution in [-0.2, 0) is 24.6 Å². The molecule has 160 valence electrons. The monoisotopic (exact) mass is 406 g/mol. The Morgan fingerprint density at radius 1 is 1.14 bits per heavy atom. The van der Waals surface area contributed by atoms with Gasteiger partial charge in [-0.05, 0) is 25.3 Å². The van der Waals surface area contributed by atoms with Gasteiger partial charge in [-0.1, -0.05) is 43.2 Å². The van der Waals surface area contributed by atoms with Crippen molar-refractivity contribution in [3.05, 3.63) is 35.9 Å². The van der Waals surface area contributed by atoms with Gasteiger partial charge in [0.15, 0.2) is 11.7 Å². The van der Waals surface area contributed by atoms with E-state index in [4.69, 9.17) is 14.2 Å². The third-order valence-corrected chi connectivity index (χ3v) is 6.14. The van der Waals surface area contributed by atoms with Gasteiger partial charge in [0.2, 0.25) is 6.73 Å². The molecule has 3 unspecified atom stereocenters. The summed E-state index contributed by atoms with van der Waals surface area (Å²) < 4.78 is 16.2. The number of aliphatic hydroxyl groups is 1. The van der Waals surface area contributed by atoms with Crippen molar-refractivity contribution < 1.29 is 33.4 Å². The summed E-state index contributed by atoms with van der Waals surface area (Å²) in [6.45, 7) is 3.40. The van der Waals surface area contributed by atoms with E-state index in [2.05, 4.69) is 0 Å². The van der Waals surface area contributed by atoms with Crippen molar-refractivity contribution in [1.82, 2.24) is 0 Å². The van der Waals surface area contributed by atoms with Gasteiger partial charge >= 0.3 is 12.1 Å². The van der Waals surface area contributed by atoms with Crippen LogP contribution in [0.15, 0.2) is 30.3 Å². The van der Waals surface area contributed by atoms with Crippen molar-refractivity contribution in [2.45, 2.75) is 50.7 Å². The summed E-state index contributed by atoms with van der Waals surface area (Å²) in [5, 5.41) is 11.5. The second-order valence-electron chi connectivity index (χ2n) is 8.41. The Balaban J connectivity index is 1.65. The molecule has 2 fully saturated rings. The first-order valence-corrected chi connectivity index (χ1v) is 10.5. The Bertz CT molecular complexity index is 705. The third-order valence-electron chi connectivity index (χ3n) is 6.14. The highest BCUT2D eigenvalue weighted by Gasteiger charge is 2.49. The predicted molar refractivity (Wildman–Crippen MR) is 106 cm³/mol. The zero-order valence-electron chi connectivity index (χ0n) is 17.3. The largest absolute Gasteiger partial charge is 0.512 e. The summed E-state index contributed by atoms with van der Waals surface area (Å²) in [5.74, 6) is -0.702. The third kappa shape index (κ3) is 4.90. The van der Waals surface area contributed by atoms with Crippen LogP contribution < -0.4 is 0 Å². The van der Waals surface area contributed by atoms with Gasteiger partial charge in [-0.3, -0.25) is 4.48 Å². The Hall–Kier alpha value is -2.12. The van der Waals surface area contributed by atoms with Crippen molar-refractivity contribution in [3.63, 3.8) is 0 Å². The lowest BCUT2D eigenvalue weighted by Gasteiger charge is -2.33. The van der Waals surface area contributed by atoms with Crippen molar-refractivity contribution in [3.8, 4) is 0 Å². The average Bonchev–Trinajstić information content (AvgIpc) is 3.38. The molecule has 1 N–H and O–H groups in total. The van der Waals surface area contributed by atoms with Crippen LogP contribution in [0.5, 0.6) is 0 Å². The van der Waals surface area contributed by atoms with Gasteiger partial charge in [0.1, 0.15) is 6.54 Å². The van der Waals surface area contributed by atoms with E-state index >= 15 is 0 Å². The number of carbonyl (C=O) groups is 2. The molecule has 0 amide bonds. The SMILES string of the molecule is CCOC(=O)OC[N+]1(C)CCC(OC(=O)C(O)(c2ccccc2)C2CCCC2)C1. The van der Waals surface area contributed by atoms with Crippen LogP contribution in [0.25, 0.3) is 0 Å². The van der Waals surface area contributed by atoms with E-state index in [0.29, 0.717) is 29.6 Å². The molecule has 0 radical (unpaired) electrons. The zero-order valence-corrected chi connectivity index (χ0v) is 17.3.